The molecule has 48 valence electrons. The van der Waals surface area contributed by atoms with Crippen molar-refractivity contribution in [3.05, 3.63) is 0 Å². The largest absolute Gasteiger partial charge is 0.444 e. The molecule has 5 heteroatoms. The maximum atomic E-state index is 4.85. The van der Waals surface area contributed by atoms with E-state index in [2.05, 4.69) is 14.8 Å². The average Bonchev–Trinajstić information content (AvgIpc) is 1.81. The highest BCUT2D eigenvalue weighted by Gasteiger charge is 1.84. The van der Waals surface area contributed by atoms with E-state index in [-0.39, 0.29) is 0 Å². The monoisotopic (exact) mass is 214 g/mol. The highest BCUT2D eigenvalue weighted by molar-refractivity contribution is 9.60. The molecule has 0 aliphatic heterocycles. The van der Waals surface area contributed by atoms with Gasteiger partial charge in [0.15, 0.2) is 0 Å². The Morgan fingerprint density at radius 3 is 2.88 bits per heavy atom. The number of hydrogen-bond acceptors (Lipinski definition) is 3. The van der Waals surface area contributed by atoms with Gasteiger partial charge >= 0.3 is 0 Å². The number of halogens is 1. The molecular formula is C3H8BBrOS2. The van der Waals surface area contributed by atoms with Crippen LogP contribution in [0.2, 0.25) is 0 Å². The quantitative estimate of drug-likeness (QED) is 0.391. The van der Waals surface area contributed by atoms with Gasteiger partial charge in [-0.05, 0) is 15.6 Å². The fraction of sp³-hybridized carbons (Fsp3) is 1.00. The highest BCUT2D eigenvalue weighted by atomic mass is 79.9. The van der Waals surface area contributed by atoms with E-state index in [4.69, 9.17) is 4.65 Å². The summed E-state index contributed by atoms with van der Waals surface area (Å²) >= 11 is 3.24. The molecule has 0 saturated carbocycles. The molecule has 0 aromatic rings. The molecule has 0 rings (SSSR count). The van der Waals surface area contributed by atoms with Crippen LogP contribution in [-0.4, -0.2) is 20.4 Å². The Morgan fingerprint density at radius 1 is 1.62 bits per heavy atom. The van der Waals surface area contributed by atoms with Crippen LogP contribution in [0.5, 0.6) is 0 Å². The van der Waals surface area contributed by atoms with Crippen molar-refractivity contribution < 1.29 is 4.65 Å². The minimum absolute atomic E-state index is 0.876. The lowest BCUT2D eigenvalue weighted by atomic mass is 10.5. The van der Waals surface area contributed by atoms with Crippen molar-refractivity contribution in [1.82, 2.24) is 0 Å². The van der Waals surface area contributed by atoms with Crippen molar-refractivity contribution in [1.29, 1.82) is 0 Å². The maximum Gasteiger partial charge on any atom is 0.257 e. The van der Waals surface area contributed by atoms with E-state index in [0.29, 0.717) is 0 Å². The fourth-order valence-corrected chi connectivity index (χ4v) is 2.32. The van der Waals surface area contributed by atoms with E-state index in [0.717, 1.165) is 18.8 Å². The van der Waals surface area contributed by atoms with Crippen molar-refractivity contribution in [3.63, 3.8) is 0 Å². The van der Waals surface area contributed by atoms with Crippen LogP contribution in [0.3, 0.4) is 0 Å². The summed E-state index contributed by atoms with van der Waals surface area (Å²) in [6.45, 7) is 0.876. The fourth-order valence-electron chi connectivity index (χ4n) is 0.294. The zero-order valence-corrected chi connectivity index (χ0v) is 7.94. The molecule has 0 radical (unpaired) electrons. The SMILES string of the molecule is BOCCCSSBr. The summed E-state index contributed by atoms with van der Waals surface area (Å²) in [5, 5.41) is 0. The summed E-state index contributed by atoms with van der Waals surface area (Å²) in [4.78, 5) is 0. The molecule has 0 aliphatic carbocycles. The second-order valence-corrected chi connectivity index (χ2v) is 5.47. The van der Waals surface area contributed by atoms with E-state index in [1.54, 1.807) is 28.1 Å². The van der Waals surface area contributed by atoms with Gasteiger partial charge in [-0.15, -0.1) is 0 Å². The van der Waals surface area contributed by atoms with Gasteiger partial charge in [0.25, 0.3) is 8.05 Å². The first-order valence-corrected chi connectivity index (χ1v) is 6.47. The van der Waals surface area contributed by atoms with Gasteiger partial charge < -0.3 is 4.65 Å². The molecule has 0 amide bonds. The number of hydrogen-bond donors (Lipinski definition) is 0. The van der Waals surface area contributed by atoms with Crippen LogP contribution in [0.25, 0.3) is 0 Å². The van der Waals surface area contributed by atoms with Crippen LogP contribution >= 0.6 is 34.8 Å². The molecule has 0 N–H and O–H groups in total. The minimum Gasteiger partial charge on any atom is -0.444 e. The molecule has 0 bridgehead atoms. The van der Waals surface area contributed by atoms with Crippen LogP contribution in [-0.2, 0) is 4.65 Å². The van der Waals surface area contributed by atoms with E-state index in [1.807, 2.05) is 0 Å². The van der Waals surface area contributed by atoms with E-state index < -0.39 is 0 Å². The van der Waals surface area contributed by atoms with Gasteiger partial charge in [0.2, 0.25) is 0 Å². The predicted molar refractivity (Wildman–Crippen MR) is 48.1 cm³/mol. The normalized spacial score (nSPS) is 9.62. The summed E-state index contributed by atoms with van der Waals surface area (Å²) in [6, 6.07) is 0. The van der Waals surface area contributed by atoms with E-state index in [9.17, 15) is 0 Å². The average molecular weight is 215 g/mol. The van der Waals surface area contributed by atoms with Gasteiger partial charge in [0, 0.05) is 27.2 Å². The Kier molecular flexibility index (Phi) is 9.44. The summed E-state index contributed by atoms with van der Waals surface area (Å²) in [5.74, 6) is 1.16. The zero-order valence-electron chi connectivity index (χ0n) is 4.72. The molecular weight excluding hydrogens is 207 g/mol. The van der Waals surface area contributed by atoms with Gasteiger partial charge in [-0.1, -0.05) is 10.8 Å². The molecule has 0 aromatic heterocycles. The molecule has 1 nitrogen and oxygen atoms in total. The van der Waals surface area contributed by atoms with Crippen LogP contribution in [0.4, 0.5) is 0 Å². The third-order valence-corrected chi connectivity index (χ3v) is 3.61. The van der Waals surface area contributed by atoms with Gasteiger partial charge in [-0.2, -0.15) is 0 Å². The first-order chi connectivity index (χ1) is 3.91. The molecule has 0 heterocycles. The van der Waals surface area contributed by atoms with E-state index in [1.165, 1.54) is 0 Å². The van der Waals surface area contributed by atoms with E-state index >= 15 is 0 Å². The van der Waals surface area contributed by atoms with Gasteiger partial charge in [0.1, 0.15) is 0 Å². The zero-order chi connectivity index (χ0) is 6.24. The van der Waals surface area contributed by atoms with Crippen molar-refractivity contribution in [2.45, 2.75) is 6.42 Å². The lowest BCUT2D eigenvalue weighted by Gasteiger charge is -1.94. The van der Waals surface area contributed by atoms with Crippen molar-refractivity contribution in [2.24, 2.45) is 0 Å². The van der Waals surface area contributed by atoms with Gasteiger partial charge in [-0.3, -0.25) is 0 Å². The van der Waals surface area contributed by atoms with Crippen molar-refractivity contribution in [3.8, 4) is 0 Å². The molecule has 0 atom stereocenters. The lowest BCUT2D eigenvalue weighted by molar-refractivity contribution is 0.350. The Bertz CT molecular complexity index is 42.3. The molecule has 0 spiro atoms. The first-order valence-electron chi connectivity index (χ1n) is 2.31. The maximum absolute atomic E-state index is 4.85. The van der Waals surface area contributed by atoms with Crippen molar-refractivity contribution in [2.75, 3.05) is 12.4 Å². The Balaban J connectivity index is 2.53. The van der Waals surface area contributed by atoms with Crippen LogP contribution in [0.1, 0.15) is 6.42 Å². The number of rotatable bonds is 5. The summed E-state index contributed by atoms with van der Waals surface area (Å²) in [7, 11) is 5.16. The Morgan fingerprint density at radius 2 is 2.38 bits per heavy atom. The topological polar surface area (TPSA) is 9.23 Å². The van der Waals surface area contributed by atoms with Crippen LogP contribution in [0, 0.1) is 0 Å². The second-order valence-electron chi connectivity index (χ2n) is 1.23. The molecule has 0 saturated heterocycles. The van der Waals surface area contributed by atoms with Crippen LogP contribution in [0.15, 0.2) is 0 Å². The van der Waals surface area contributed by atoms with Gasteiger partial charge in [0.05, 0.1) is 0 Å². The predicted octanol–water partition coefficient (Wildman–Crippen LogP) is 1.63. The summed E-state index contributed by atoms with van der Waals surface area (Å²) < 4.78 is 4.85. The van der Waals surface area contributed by atoms with Crippen molar-refractivity contribution >= 4 is 42.9 Å². The third-order valence-electron chi connectivity index (χ3n) is 0.621. The second kappa shape index (κ2) is 8.20. The molecule has 0 aliphatic rings. The first kappa shape index (κ1) is 9.20. The molecule has 0 unspecified atom stereocenters. The Labute approximate surface area is 66.4 Å². The Hall–Kier alpha value is 1.20. The lowest BCUT2D eigenvalue weighted by Crippen LogP contribution is -1.89. The standard InChI is InChI=1S/C3H8BBrOS2/c4-6-2-1-3-7-8-5/h1-4H2. The molecule has 8 heavy (non-hydrogen) atoms. The summed E-state index contributed by atoms with van der Waals surface area (Å²) in [6.07, 6.45) is 1.14. The smallest absolute Gasteiger partial charge is 0.257 e. The van der Waals surface area contributed by atoms with Crippen LogP contribution < -0.4 is 0 Å². The van der Waals surface area contributed by atoms with Gasteiger partial charge in [-0.25, -0.2) is 0 Å². The summed E-state index contributed by atoms with van der Waals surface area (Å²) in [5.41, 5.74) is 0. The highest BCUT2D eigenvalue weighted by Crippen LogP contribution is 2.27. The third kappa shape index (κ3) is 7.20. The molecule has 0 fully saturated rings. The molecule has 0 aromatic carbocycles. The minimum atomic E-state index is 0.876.